The monoisotopic (exact) mass is 515 g/mol. The Labute approximate surface area is 189 Å². The van der Waals surface area contributed by atoms with Gasteiger partial charge in [0, 0.05) is 19.3 Å². The number of amides is 1. The van der Waals surface area contributed by atoms with Crippen LogP contribution in [0.25, 0.3) is 0 Å². The van der Waals surface area contributed by atoms with Crippen molar-refractivity contribution < 1.29 is 49.1 Å². The van der Waals surface area contributed by atoms with Crippen LogP contribution in [-0.4, -0.2) is 69.1 Å². The number of rotatable bonds is 5. The molecule has 2 fully saturated rings. The number of alkyl halides is 6. The molecule has 1 aliphatic carbocycles. The first kappa shape index (κ1) is 24.6. The number of piperidine rings is 1. The molecule has 1 aromatic carbocycles. The van der Waals surface area contributed by atoms with Gasteiger partial charge in [-0.15, -0.1) is 0 Å². The largest absolute Gasteiger partial charge is 0.480 e. The molecule has 0 bridgehead atoms. The summed E-state index contributed by atoms with van der Waals surface area (Å²) in [4.78, 5) is 22.2. The van der Waals surface area contributed by atoms with E-state index in [0.717, 1.165) is 31.4 Å². The predicted molar refractivity (Wildman–Crippen MR) is 104 cm³/mol. The lowest BCUT2D eigenvalue weighted by Gasteiger charge is -2.24. The Kier molecular flexibility index (Phi) is 5.59. The molecule has 188 valence electrons. The van der Waals surface area contributed by atoms with Gasteiger partial charge in [0.05, 0.1) is 15.9 Å². The van der Waals surface area contributed by atoms with Gasteiger partial charge in [0.15, 0.2) is 15.9 Å². The standard InChI is InChI=1S/C19H19F6N3O5S/c1-9(18(20,21)22)32-13-4-3-11(34(2,30)31)5-12(13)14(29)28-7-10-6-17(10,8-28)15-26-16(33-27-15)19(23,24)25/h3-5,9-10,16H,6-8H2,1-2H3,(H,26,27). The summed E-state index contributed by atoms with van der Waals surface area (Å²) in [5, 5.41) is 0. The van der Waals surface area contributed by atoms with E-state index < -0.39 is 57.2 Å². The van der Waals surface area contributed by atoms with E-state index in [9.17, 15) is 39.6 Å². The van der Waals surface area contributed by atoms with Crippen LogP contribution in [0, 0.1) is 11.3 Å². The number of nitrogens with one attached hydrogen (secondary N) is 1. The lowest BCUT2D eigenvalue weighted by Crippen LogP contribution is -2.37. The summed E-state index contributed by atoms with van der Waals surface area (Å²) in [6.45, 7) is 0.751. The Morgan fingerprint density at radius 3 is 2.53 bits per heavy atom. The zero-order valence-electron chi connectivity index (χ0n) is 17.7. The zero-order chi connectivity index (χ0) is 25.3. The Morgan fingerprint density at radius 2 is 1.97 bits per heavy atom. The van der Waals surface area contributed by atoms with E-state index in [2.05, 4.69) is 15.3 Å². The van der Waals surface area contributed by atoms with Gasteiger partial charge in [0.1, 0.15) is 11.6 Å². The third kappa shape index (κ3) is 4.42. The number of carbonyl (C=O) groups excluding carboxylic acids is 1. The van der Waals surface area contributed by atoms with Crippen molar-refractivity contribution in [2.24, 2.45) is 16.3 Å². The highest BCUT2D eigenvalue weighted by Gasteiger charge is 2.66. The third-order valence-electron chi connectivity index (χ3n) is 6.07. The van der Waals surface area contributed by atoms with Crippen LogP contribution in [-0.2, 0) is 14.7 Å². The van der Waals surface area contributed by atoms with Crippen molar-refractivity contribution in [1.82, 2.24) is 10.4 Å². The van der Waals surface area contributed by atoms with Gasteiger partial charge in [0.2, 0.25) is 0 Å². The van der Waals surface area contributed by atoms with Crippen LogP contribution >= 0.6 is 0 Å². The van der Waals surface area contributed by atoms with Crippen molar-refractivity contribution in [3.63, 3.8) is 0 Å². The molecular formula is C19H19F6N3O5S. The van der Waals surface area contributed by atoms with Gasteiger partial charge >= 0.3 is 12.4 Å². The zero-order valence-corrected chi connectivity index (χ0v) is 18.5. The van der Waals surface area contributed by atoms with Gasteiger partial charge in [-0.1, -0.05) is 0 Å². The topological polar surface area (TPSA) is 97.3 Å². The molecule has 4 atom stereocenters. The van der Waals surface area contributed by atoms with Gasteiger partial charge in [-0.05, 0) is 37.5 Å². The summed E-state index contributed by atoms with van der Waals surface area (Å²) in [6, 6.07) is 2.93. The second-order valence-corrected chi connectivity index (χ2v) is 10.6. The number of fused-ring (bicyclic) bond motifs is 1. The summed E-state index contributed by atoms with van der Waals surface area (Å²) in [7, 11) is -3.80. The summed E-state index contributed by atoms with van der Waals surface area (Å²) in [6.07, 6.45) is -12.8. The molecule has 1 saturated heterocycles. The highest BCUT2D eigenvalue weighted by Crippen LogP contribution is 2.59. The first-order chi connectivity index (χ1) is 15.5. The molecule has 1 aromatic rings. The molecule has 0 aromatic heterocycles. The highest BCUT2D eigenvalue weighted by molar-refractivity contribution is 7.90. The van der Waals surface area contributed by atoms with E-state index in [4.69, 9.17) is 4.74 Å². The molecule has 4 unspecified atom stereocenters. The molecular weight excluding hydrogens is 496 g/mol. The molecule has 3 aliphatic rings. The SMILES string of the molecule is CC(Oc1ccc(S(C)(=O)=O)cc1C(=O)N1CC2CC2(C2=NC(C(F)(F)F)ON2)C1)C(F)(F)F. The number of carbonyl (C=O) groups is 1. The van der Waals surface area contributed by atoms with Crippen LogP contribution in [0.2, 0.25) is 0 Å². The summed E-state index contributed by atoms with van der Waals surface area (Å²) in [5.74, 6) is -1.57. The number of hydroxylamine groups is 1. The van der Waals surface area contributed by atoms with Crippen LogP contribution in [0.5, 0.6) is 5.75 Å². The Hall–Kier alpha value is -2.55. The first-order valence-corrected chi connectivity index (χ1v) is 11.8. The summed E-state index contributed by atoms with van der Waals surface area (Å²) in [5.41, 5.74) is 0.883. The molecule has 34 heavy (non-hydrogen) atoms. The van der Waals surface area contributed by atoms with E-state index in [1.807, 2.05) is 0 Å². The van der Waals surface area contributed by atoms with Crippen LogP contribution < -0.4 is 10.2 Å². The minimum absolute atomic E-state index is 0.0535. The molecule has 15 heteroatoms. The third-order valence-corrected chi connectivity index (χ3v) is 7.18. The fourth-order valence-corrected chi connectivity index (χ4v) is 4.74. The van der Waals surface area contributed by atoms with Gasteiger partial charge in [-0.2, -0.15) is 26.3 Å². The first-order valence-electron chi connectivity index (χ1n) is 9.96. The number of sulfone groups is 1. The number of hydrogen-bond donors (Lipinski definition) is 1. The maximum atomic E-state index is 13.2. The molecule has 1 N–H and O–H groups in total. The smallest absolute Gasteiger partial charge is 0.437 e. The molecule has 1 saturated carbocycles. The molecule has 2 heterocycles. The van der Waals surface area contributed by atoms with Crippen LogP contribution in [0.3, 0.4) is 0 Å². The predicted octanol–water partition coefficient (Wildman–Crippen LogP) is 2.70. The molecule has 0 radical (unpaired) electrons. The fourth-order valence-electron chi connectivity index (χ4n) is 4.09. The molecule has 8 nitrogen and oxygen atoms in total. The van der Waals surface area contributed by atoms with Gasteiger partial charge in [-0.25, -0.2) is 23.7 Å². The highest BCUT2D eigenvalue weighted by atomic mass is 32.2. The van der Waals surface area contributed by atoms with Crippen molar-refractivity contribution in [2.75, 3.05) is 19.3 Å². The molecule has 2 aliphatic heterocycles. The molecule has 4 rings (SSSR count). The Balaban J connectivity index is 1.61. The average molecular weight is 515 g/mol. The van der Waals surface area contributed by atoms with E-state index in [0.29, 0.717) is 6.42 Å². The van der Waals surface area contributed by atoms with Crippen LogP contribution in [0.15, 0.2) is 28.1 Å². The van der Waals surface area contributed by atoms with E-state index in [1.54, 1.807) is 0 Å². The lowest BCUT2D eigenvalue weighted by atomic mass is 10.1. The van der Waals surface area contributed by atoms with E-state index in [1.165, 1.54) is 4.90 Å². The molecule has 1 amide bonds. The van der Waals surface area contributed by atoms with Crippen molar-refractivity contribution >= 4 is 21.6 Å². The van der Waals surface area contributed by atoms with E-state index >= 15 is 0 Å². The minimum Gasteiger partial charge on any atom is -0.480 e. The van der Waals surface area contributed by atoms with E-state index in [-0.39, 0.29) is 29.7 Å². The lowest BCUT2D eigenvalue weighted by molar-refractivity contribution is -0.220. The number of halogens is 6. The maximum Gasteiger partial charge on any atom is 0.437 e. The van der Waals surface area contributed by atoms with Crippen molar-refractivity contribution in [2.45, 2.75) is 42.9 Å². The second kappa shape index (κ2) is 7.73. The number of amidine groups is 1. The number of nitrogens with zero attached hydrogens (tertiary/aromatic N) is 2. The summed E-state index contributed by atoms with van der Waals surface area (Å²) >= 11 is 0. The van der Waals surface area contributed by atoms with Crippen molar-refractivity contribution in [1.29, 1.82) is 0 Å². The van der Waals surface area contributed by atoms with Crippen LogP contribution in [0.1, 0.15) is 23.7 Å². The number of aliphatic imine (C=N–C) groups is 1. The minimum atomic E-state index is -4.74. The van der Waals surface area contributed by atoms with Crippen molar-refractivity contribution in [3.8, 4) is 5.75 Å². The fraction of sp³-hybridized carbons (Fsp3) is 0.579. The summed E-state index contributed by atoms with van der Waals surface area (Å²) < 4.78 is 106. The van der Waals surface area contributed by atoms with Gasteiger partial charge in [0.25, 0.3) is 12.1 Å². The average Bonchev–Trinajstić information content (AvgIpc) is 3.07. The van der Waals surface area contributed by atoms with Crippen LogP contribution in [0.4, 0.5) is 26.3 Å². The number of likely N-dealkylation sites (tertiary alicyclic amines) is 1. The number of ether oxygens (including phenoxy) is 1. The normalized spacial score (nSPS) is 27.6. The maximum absolute atomic E-state index is 13.2. The number of benzene rings is 1. The van der Waals surface area contributed by atoms with Crippen molar-refractivity contribution in [3.05, 3.63) is 23.8 Å². The number of hydrogen-bond acceptors (Lipinski definition) is 7. The van der Waals surface area contributed by atoms with Gasteiger partial charge in [-0.3, -0.25) is 4.79 Å². The van der Waals surface area contributed by atoms with Gasteiger partial charge < -0.3 is 9.64 Å². The second-order valence-electron chi connectivity index (χ2n) is 8.57. The Morgan fingerprint density at radius 1 is 1.29 bits per heavy atom. The quantitative estimate of drug-likeness (QED) is 0.606. The Bertz CT molecular complexity index is 1150. The molecule has 0 spiro atoms.